The summed E-state index contributed by atoms with van der Waals surface area (Å²) < 4.78 is 24.7. The molecule has 0 saturated heterocycles. The topological polar surface area (TPSA) is 36.9 Å². The number of rotatable bonds is 8. The largest absolute Gasteiger partial charge is 0.454 e. The molecule has 61 heavy (non-hydrogen) atoms. The fraction of sp³-hybridized carbons (Fsp3) is 0.118. The Kier molecular flexibility index (Phi) is 22.7. The third-order valence-corrected chi connectivity index (χ3v) is 14.5. The zero-order valence-corrected chi connectivity index (χ0v) is 41.3. The van der Waals surface area contributed by atoms with E-state index in [1.54, 1.807) is 0 Å². The molecule has 0 spiro atoms. The van der Waals surface area contributed by atoms with Gasteiger partial charge in [0, 0.05) is 11.1 Å². The van der Waals surface area contributed by atoms with Gasteiger partial charge in [-0.05, 0) is 90.3 Å². The Balaban J connectivity index is 0.000000664. The van der Waals surface area contributed by atoms with Gasteiger partial charge in [0.25, 0.3) is 0 Å². The predicted molar refractivity (Wildman–Crippen MR) is 262 cm³/mol. The molecular formula is C51H53Cl2O4P2RuS-3. The van der Waals surface area contributed by atoms with Crippen LogP contribution >= 0.6 is 39.0 Å². The first-order valence-corrected chi connectivity index (χ1v) is 23.3. The van der Waals surface area contributed by atoms with Crippen LogP contribution in [-0.4, -0.2) is 13.6 Å². The maximum absolute atomic E-state index is 6.35. The number of benzene rings is 7. The summed E-state index contributed by atoms with van der Waals surface area (Å²) in [5, 5.41) is 7.40. The minimum absolute atomic E-state index is 0. The van der Waals surface area contributed by atoms with Crippen LogP contribution in [0, 0.1) is 29.2 Å². The van der Waals surface area contributed by atoms with Crippen LogP contribution in [0.25, 0.3) is 11.1 Å². The zero-order chi connectivity index (χ0) is 38.9. The smallest absolute Gasteiger partial charge is 0.231 e. The van der Waals surface area contributed by atoms with Crippen molar-refractivity contribution < 1.29 is 48.7 Å². The monoisotopic (exact) mass is 995 g/mol. The van der Waals surface area contributed by atoms with Crippen LogP contribution in [0.3, 0.4) is 0 Å². The molecule has 4 nitrogen and oxygen atoms in total. The molecule has 0 aliphatic carbocycles. The molecule has 0 bridgehead atoms. The third kappa shape index (κ3) is 12.2. The van der Waals surface area contributed by atoms with Gasteiger partial charge in [-0.2, -0.15) is 13.5 Å². The first-order valence-electron chi connectivity index (χ1n) is 18.4. The normalized spacial score (nSPS) is 11.2. The van der Waals surface area contributed by atoms with Crippen LogP contribution in [0.5, 0.6) is 23.0 Å². The average Bonchev–Trinajstić information content (AvgIpc) is 3.95. The minimum atomic E-state index is -0.968. The van der Waals surface area contributed by atoms with Crippen molar-refractivity contribution in [2.75, 3.05) is 13.6 Å². The van der Waals surface area contributed by atoms with E-state index in [4.69, 9.17) is 18.9 Å². The van der Waals surface area contributed by atoms with Crippen LogP contribution in [0.15, 0.2) is 170 Å². The van der Waals surface area contributed by atoms with Crippen molar-refractivity contribution in [1.82, 2.24) is 0 Å². The average molecular weight is 996 g/mol. The molecule has 0 fully saturated rings. The standard InChI is InChI=1S/C38H28O4P2.C10H14.3CH3.2ClH.Ru.H2S/c1-5-13-27(14-6-1)43(28-15-7-2-8-16-28)33-23-21-31-37(41-25-39-31)35(33)36-34(24-22-32-38(36)42-26-40-32)44(29-17-9-3-10-18-29)30-19-11-4-12-20-30;1-8(2)10-6-4-9(3)5-7-10;;;;;;;/h1-24H,25-26H2;4-8H,1-3H3;3*1H3;2*1H;;1H2/q;;3*-1;;;+2;/p-2. The molecule has 0 radical (unpaired) electrons. The molecule has 7 aromatic carbocycles. The molecule has 0 N–H and O–H groups in total. The van der Waals surface area contributed by atoms with Gasteiger partial charge in [-0.15, -0.1) is 0 Å². The SMILES string of the molecule is Cc1ccc(C(C)C)cc1.S.[CH3-].[CH3-].[CH3-].[Cl-].[Cl][Ru+].c1ccc(P(c2ccccc2)c2ccc3c(c2-c2c(P(c4ccccc4)c4ccccc4)ccc4c2OCO4)OCO3)cc1. The van der Waals surface area contributed by atoms with Crippen molar-refractivity contribution in [1.29, 1.82) is 0 Å². The van der Waals surface area contributed by atoms with Gasteiger partial charge in [-0.3, -0.25) is 0 Å². The molecule has 0 amide bonds. The van der Waals surface area contributed by atoms with E-state index in [0.717, 1.165) is 34.1 Å². The maximum atomic E-state index is 6.35. The van der Waals surface area contributed by atoms with Crippen molar-refractivity contribution >= 4 is 70.9 Å². The van der Waals surface area contributed by atoms with Gasteiger partial charge in [0.15, 0.2) is 23.0 Å². The molecule has 0 saturated carbocycles. The fourth-order valence-corrected chi connectivity index (χ4v) is 11.8. The van der Waals surface area contributed by atoms with Gasteiger partial charge in [-0.1, -0.05) is 165 Å². The van der Waals surface area contributed by atoms with Gasteiger partial charge in [-0.25, -0.2) is 0 Å². The number of hydrogen-bond acceptors (Lipinski definition) is 4. The van der Waals surface area contributed by atoms with Crippen LogP contribution in [0.1, 0.15) is 30.9 Å². The van der Waals surface area contributed by atoms with Gasteiger partial charge in [0.05, 0.1) is 0 Å². The summed E-state index contributed by atoms with van der Waals surface area (Å²) in [4.78, 5) is 0. The van der Waals surface area contributed by atoms with E-state index in [-0.39, 0.29) is 61.8 Å². The van der Waals surface area contributed by atoms with E-state index >= 15 is 0 Å². The van der Waals surface area contributed by atoms with Crippen molar-refractivity contribution in [3.05, 3.63) is 203 Å². The summed E-state index contributed by atoms with van der Waals surface area (Å²) >= 11 is 1.82. The first kappa shape index (κ1) is 53.3. The zero-order valence-electron chi connectivity index (χ0n) is 35.3. The predicted octanol–water partition coefficient (Wildman–Crippen LogP) is 8.60. The van der Waals surface area contributed by atoms with E-state index < -0.39 is 15.8 Å². The number of halogens is 2. The molecule has 0 atom stereocenters. The molecule has 2 aliphatic heterocycles. The Bertz CT molecular complexity index is 2120. The number of fused-ring (bicyclic) bond motifs is 2. The second-order valence-corrected chi connectivity index (χ2v) is 17.8. The van der Waals surface area contributed by atoms with E-state index in [1.165, 1.54) is 43.0 Å². The molecular weight excluding hydrogens is 943 g/mol. The molecule has 2 aliphatic rings. The molecule has 7 aromatic rings. The van der Waals surface area contributed by atoms with Crippen molar-refractivity contribution in [2.45, 2.75) is 26.7 Å². The Labute approximate surface area is 394 Å². The summed E-state index contributed by atoms with van der Waals surface area (Å²) in [6.07, 6.45) is 0. The van der Waals surface area contributed by atoms with Crippen molar-refractivity contribution in [2.24, 2.45) is 0 Å². The fourth-order valence-electron chi connectivity index (χ4n) is 6.89. The second-order valence-electron chi connectivity index (χ2n) is 13.5. The summed E-state index contributed by atoms with van der Waals surface area (Å²) in [5.74, 6) is 3.64. The van der Waals surface area contributed by atoms with Gasteiger partial charge in [0.2, 0.25) is 13.6 Å². The van der Waals surface area contributed by atoms with Crippen molar-refractivity contribution in [3.63, 3.8) is 0 Å². The molecule has 2 heterocycles. The Hall–Kier alpha value is -3.85. The minimum Gasteiger partial charge on any atom is -0.454 e. The third-order valence-electron chi connectivity index (χ3n) is 9.57. The number of aryl methyl sites for hydroxylation is 1. The molecule has 0 aromatic heterocycles. The van der Waals surface area contributed by atoms with Gasteiger partial charge < -0.3 is 53.6 Å². The molecule has 322 valence electrons. The van der Waals surface area contributed by atoms with Crippen LogP contribution in [0.4, 0.5) is 0 Å². The number of hydrogen-bond donors (Lipinski definition) is 0. The molecule has 10 heteroatoms. The van der Waals surface area contributed by atoms with E-state index in [2.05, 4.69) is 200 Å². The van der Waals surface area contributed by atoms with Gasteiger partial charge >= 0.3 is 27.0 Å². The summed E-state index contributed by atoms with van der Waals surface area (Å²) in [6.45, 7) is 6.89. The van der Waals surface area contributed by atoms with Crippen LogP contribution < -0.4 is 63.2 Å². The Morgan fingerprint density at radius 3 is 1.07 bits per heavy atom. The quantitative estimate of drug-likeness (QED) is 0.0870. The Morgan fingerprint density at radius 2 is 0.770 bits per heavy atom. The van der Waals surface area contributed by atoms with Crippen LogP contribution in [-0.2, 0) is 17.3 Å². The van der Waals surface area contributed by atoms with E-state index in [9.17, 15) is 0 Å². The summed E-state index contributed by atoms with van der Waals surface area (Å²) in [5.41, 5.74) is 4.78. The summed E-state index contributed by atoms with van der Waals surface area (Å²) in [6, 6.07) is 60.3. The van der Waals surface area contributed by atoms with Crippen LogP contribution in [0.2, 0.25) is 0 Å². The second kappa shape index (κ2) is 25.9. The van der Waals surface area contributed by atoms with E-state index in [0.29, 0.717) is 5.92 Å². The maximum Gasteiger partial charge on any atom is 0.231 e. The first-order chi connectivity index (χ1) is 27.6. The van der Waals surface area contributed by atoms with Gasteiger partial charge in [0.1, 0.15) is 0 Å². The molecule has 0 unspecified atom stereocenters. The Morgan fingerprint density at radius 1 is 0.459 bits per heavy atom. The summed E-state index contributed by atoms with van der Waals surface area (Å²) in [7, 11) is 2.63. The molecule has 9 rings (SSSR count). The van der Waals surface area contributed by atoms with Crippen molar-refractivity contribution in [3.8, 4) is 34.1 Å². The van der Waals surface area contributed by atoms with E-state index in [1.807, 2.05) is 17.3 Å². The number of ether oxygens (including phenoxy) is 4.